The maximum absolute atomic E-state index is 11.8. The van der Waals surface area contributed by atoms with Crippen molar-refractivity contribution in [1.82, 2.24) is 10.5 Å². The van der Waals surface area contributed by atoms with Gasteiger partial charge in [0.05, 0.1) is 7.11 Å². The Labute approximate surface area is 129 Å². The third kappa shape index (κ3) is 3.02. The monoisotopic (exact) mass is 326 g/mol. The summed E-state index contributed by atoms with van der Waals surface area (Å²) in [5.74, 6) is -2.09. The molecule has 0 bridgehead atoms. The SMILES string of the molecule is COc1ccc2c(Cl)nc(C(=O)ONC(=O)CO)c(O)c2c1. The number of amides is 1. The Kier molecular flexibility index (Phi) is 4.64. The Morgan fingerprint density at radius 2 is 2.09 bits per heavy atom. The van der Waals surface area contributed by atoms with Gasteiger partial charge in [0.1, 0.15) is 17.5 Å². The van der Waals surface area contributed by atoms with Crippen LogP contribution < -0.4 is 10.2 Å². The molecule has 0 aliphatic carbocycles. The first-order valence-corrected chi connectivity index (χ1v) is 6.32. The molecule has 1 aromatic carbocycles. The highest BCUT2D eigenvalue weighted by atomic mass is 35.5. The molecular weight excluding hydrogens is 316 g/mol. The summed E-state index contributed by atoms with van der Waals surface area (Å²) in [5.41, 5.74) is 1.21. The summed E-state index contributed by atoms with van der Waals surface area (Å²) in [7, 11) is 1.45. The summed E-state index contributed by atoms with van der Waals surface area (Å²) in [6.07, 6.45) is 0. The summed E-state index contributed by atoms with van der Waals surface area (Å²) >= 11 is 5.97. The topological polar surface area (TPSA) is 118 Å². The zero-order chi connectivity index (χ0) is 16.3. The molecule has 22 heavy (non-hydrogen) atoms. The molecule has 2 rings (SSSR count). The molecule has 0 radical (unpaired) electrons. The molecular formula is C13H11ClN2O6. The van der Waals surface area contributed by atoms with Gasteiger partial charge in [0.15, 0.2) is 11.4 Å². The lowest BCUT2D eigenvalue weighted by molar-refractivity contribution is -0.132. The fourth-order valence-electron chi connectivity index (χ4n) is 1.69. The molecule has 0 atom stereocenters. The van der Waals surface area contributed by atoms with Crippen molar-refractivity contribution in [2.24, 2.45) is 0 Å². The number of ether oxygens (including phenoxy) is 1. The number of fused-ring (bicyclic) bond motifs is 1. The number of aliphatic hydroxyl groups is 1. The third-order valence-electron chi connectivity index (χ3n) is 2.73. The van der Waals surface area contributed by atoms with Gasteiger partial charge < -0.3 is 19.8 Å². The van der Waals surface area contributed by atoms with Gasteiger partial charge in [0.25, 0.3) is 5.91 Å². The molecule has 0 spiro atoms. The van der Waals surface area contributed by atoms with Gasteiger partial charge in [0.2, 0.25) is 0 Å². The molecule has 9 heteroatoms. The van der Waals surface area contributed by atoms with Crippen LogP contribution >= 0.6 is 11.6 Å². The molecule has 0 aliphatic rings. The Bertz CT molecular complexity index is 749. The van der Waals surface area contributed by atoms with Crippen LogP contribution in [-0.2, 0) is 9.63 Å². The lowest BCUT2D eigenvalue weighted by atomic mass is 10.1. The lowest BCUT2D eigenvalue weighted by Crippen LogP contribution is -2.29. The smallest absolute Gasteiger partial charge is 0.385 e. The van der Waals surface area contributed by atoms with Crippen molar-refractivity contribution in [3.63, 3.8) is 0 Å². The number of aromatic nitrogens is 1. The van der Waals surface area contributed by atoms with Gasteiger partial charge in [-0.05, 0) is 18.2 Å². The second-order valence-corrected chi connectivity index (χ2v) is 4.44. The van der Waals surface area contributed by atoms with Gasteiger partial charge in [-0.3, -0.25) is 4.79 Å². The van der Waals surface area contributed by atoms with Crippen LogP contribution in [0.15, 0.2) is 18.2 Å². The number of nitrogens with zero attached hydrogens (tertiary/aromatic N) is 1. The van der Waals surface area contributed by atoms with Crippen molar-refractivity contribution in [3.05, 3.63) is 29.0 Å². The number of halogens is 1. The largest absolute Gasteiger partial charge is 0.505 e. The first-order chi connectivity index (χ1) is 10.5. The van der Waals surface area contributed by atoms with Crippen molar-refractivity contribution in [2.45, 2.75) is 0 Å². The number of hydrogen-bond donors (Lipinski definition) is 3. The number of hydroxylamine groups is 1. The van der Waals surface area contributed by atoms with E-state index in [1.54, 1.807) is 17.6 Å². The first kappa shape index (κ1) is 15.8. The van der Waals surface area contributed by atoms with Crippen LogP contribution in [0.5, 0.6) is 11.5 Å². The second-order valence-electron chi connectivity index (χ2n) is 4.08. The minimum Gasteiger partial charge on any atom is -0.505 e. The Morgan fingerprint density at radius 1 is 1.36 bits per heavy atom. The van der Waals surface area contributed by atoms with E-state index < -0.39 is 29.9 Å². The van der Waals surface area contributed by atoms with Crippen LogP contribution in [0, 0.1) is 0 Å². The number of benzene rings is 1. The third-order valence-corrected chi connectivity index (χ3v) is 3.02. The van der Waals surface area contributed by atoms with Crippen LogP contribution in [0.2, 0.25) is 5.15 Å². The second kappa shape index (κ2) is 6.46. The Morgan fingerprint density at radius 3 is 2.73 bits per heavy atom. The Balaban J connectivity index is 2.44. The molecule has 0 aliphatic heterocycles. The predicted octanol–water partition coefficient (Wildman–Crippen LogP) is 0.783. The van der Waals surface area contributed by atoms with Crippen LogP contribution in [0.4, 0.5) is 0 Å². The number of aliphatic hydroxyl groups excluding tert-OH is 1. The summed E-state index contributed by atoms with van der Waals surface area (Å²) in [4.78, 5) is 30.8. The molecule has 1 amide bonds. The predicted molar refractivity (Wildman–Crippen MR) is 75.6 cm³/mol. The van der Waals surface area contributed by atoms with E-state index >= 15 is 0 Å². The molecule has 8 nitrogen and oxygen atoms in total. The maximum Gasteiger partial charge on any atom is 0.385 e. The number of hydrogen-bond acceptors (Lipinski definition) is 7. The summed E-state index contributed by atoms with van der Waals surface area (Å²) < 4.78 is 5.04. The van der Waals surface area contributed by atoms with E-state index in [2.05, 4.69) is 9.82 Å². The molecule has 1 heterocycles. The molecule has 0 saturated heterocycles. The fraction of sp³-hybridized carbons (Fsp3) is 0.154. The summed E-state index contributed by atoms with van der Waals surface area (Å²) in [6, 6.07) is 4.67. The van der Waals surface area contributed by atoms with E-state index in [4.69, 9.17) is 21.4 Å². The van der Waals surface area contributed by atoms with Crippen molar-refractivity contribution in [3.8, 4) is 11.5 Å². The number of rotatable bonds is 3. The van der Waals surface area contributed by atoms with Crippen LogP contribution in [0.1, 0.15) is 10.5 Å². The lowest BCUT2D eigenvalue weighted by Gasteiger charge is -2.10. The number of carbonyl (C=O) groups excluding carboxylic acids is 2. The quantitative estimate of drug-likeness (QED) is 0.563. The highest BCUT2D eigenvalue weighted by molar-refractivity contribution is 6.34. The maximum atomic E-state index is 11.8. The average molecular weight is 327 g/mol. The van der Waals surface area contributed by atoms with Gasteiger partial charge in [0, 0.05) is 10.8 Å². The highest BCUT2D eigenvalue weighted by Crippen LogP contribution is 2.34. The number of carbonyl (C=O) groups is 2. The standard InChI is InChI=1S/C13H11ClN2O6/c1-21-6-2-3-7-8(4-6)11(19)10(15-12(7)14)13(20)22-16-9(18)5-17/h2-4,17,19H,5H2,1H3,(H,16,18). The van der Waals surface area contributed by atoms with E-state index in [1.807, 2.05) is 0 Å². The molecule has 0 saturated carbocycles. The minimum absolute atomic E-state index is 0.0316. The van der Waals surface area contributed by atoms with Crippen LogP contribution in [-0.4, -0.2) is 40.8 Å². The van der Waals surface area contributed by atoms with Gasteiger partial charge in [-0.1, -0.05) is 11.6 Å². The van der Waals surface area contributed by atoms with Gasteiger partial charge >= 0.3 is 5.97 Å². The van der Waals surface area contributed by atoms with E-state index in [-0.39, 0.29) is 10.5 Å². The molecule has 0 fully saturated rings. The van der Waals surface area contributed by atoms with E-state index in [0.717, 1.165) is 0 Å². The molecule has 2 aromatic rings. The van der Waals surface area contributed by atoms with Crippen molar-refractivity contribution in [1.29, 1.82) is 0 Å². The molecule has 0 unspecified atom stereocenters. The molecule has 3 N–H and O–H groups in total. The summed E-state index contributed by atoms with van der Waals surface area (Å²) in [5, 5.41) is 19.3. The number of pyridine rings is 1. The van der Waals surface area contributed by atoms with Gasteiger partial charge in [-0.2, -0.15) is 5.48 Å². The fourth-order valence-corrected chi connectivity index (χ4v) is 1.94. The van der Waals surface area contributed by atoms with E-state index in [0.29, 0.717) is 11.1 Å². The van der Waals surface area contributed by atoms with Crippen molar-refractivity contribution < 1.29 is 29.4 Å². The van der Waals surface area contributed by atoms with Crippen molar-refractivity contribution in [2.75, 3.05) is 13.7 Å². The van der Waals surface area contributed by atoms with E-state index in [9.17, 15) is 14.7 Å². The zero-order valence-electron chi connectivity index (χ0n) is 11.3. The number of aromatic hydroxyl groups is 1. The van der Waals surface area contributed by atoms with Crippen LogP contribution in [0.25, 0.3) is 10.8 Å². The number of methoxy groups -OCH3 is 1. The molecule has 1 aromatic heterocycles. The first-order valence-electron chi connectivity index (χ1n) is 5.95. The average Bonchev–Trinajstić information content (AvgIpc) is 2.54. The normalized spacial score (nSPS) is 10.3. The van der Waals surface area contributed by atoms with Gasteiger partial charge in [-0.25, -0.2) is 9.78 Å². The summed E-state index contributed by atoms with van der Waals surface area (Å²) in [6.45, 7) is -0.859. The minimum atomic E-state index is -1.13. The number of nitrogens with one attached hydrogen (secondary N) is 1. The molecule has 116 valence electrons. The van der Waals surface area contributed by atoms with Gasteiger partial charge in [-0.15, -0.1) is 0 Å². The Hall–Kier alpha value is -2.58. The highest BCUT2D eigenvalue weighted by Gasteiger charge is 2.21. The van der Waals surface area contributed by atoms with E-state index in [1.165, 1.54) is 13.2 Å². The van der Waals surface area contributed by atoms with Crippen molar-refractivity contribution >= 4 is 34.2 Å². The zero-order valence-corrected chi connectivity index (χ0v) is 12.0. The van der Waals surface area contributed by atoms with Crippen LogP contribution in [0.3, 0.4) is 0 Å².